The van der Waals surface area contributed by atoms with E-state index in [0.717, 1.165) is 27.4 Å². The van der Waals surface area contributed by atoms with Gasteiger partial charge in [0.1, 0.15) is 17.5 Å². The summed E-state index contributed by atoms with van der Waals surface area (Å²) < 4.78 is 0.991. The summed E-state index contributed by atoms with van der Waals surface area (Å²) in [4.78, 5) is 8.91. The van der Waals surface area contributed by atoms with Gasteiger partial charge in [0.2, 0.25) is 0 Å². The van der Waals surface area contributed by atoms with Crippen LogP contribution in [0, 0.1) is 13.8 Å². The molecular formula is C15H19BrN4. The van der Waals surface area contributed by atoms with E-state index in [9.17, 15) is 0 Å². The van der Waals surface area contributed by atoms with Crippen molar-refractivity contribution in [3.8, 4) is 0 Å². The van der Waals surface area contributed by atoms with E-state index < -0.39 is 0 Å². The summed E-state index contributed by atoms with van der Waals surface area (Å²) in [5.41, 5.74) is 8.99. The molecule has 0 aliphatic heterocycles. The van der Waals surface area contributed by atoms with E-state index in [1.54, 1.807) is 0 Å². The molecule has 0 amide bonds. The van der Waals surface area contributed by atoms with Gasteiger partial charge in [-0.2, -0.15) is 0 Å². The van der Waals surface area contributed by atoms with Crippen LogP contribution in [-0.2, 0) is 0 Å². The minimum atomic E-state index is 0.236. The fourth-order valence-corrected chi connectivity index (χ4v) is 2.14. The first-order valence-electron chi connectivity index (χ1n) is 6.55. The van der Waals surface area contributed by atoms with Gasteiger partial charge in [0, 0.05) is 16.0 Å². The SMILES string of the molecule is Cc1ccc(Br)c(Nc2nc(C(C)C)nc(N)c2C)c1. The minimum Gasteiger partial charge on any atom is -0.383 e. The summed E-state index contributed by atoms with van der Waals surface area (Å²) in [5.74, 6) is 2.27. The van der Waals surface area contributed by atoms with Gasteiger partial charge in [0.05, 0.1) is 5.69 Å². The minimum absolute atomic E-state index is 0.236. The van der Waals surface area contributed by atoms with Gasteiger partial charge in [-0.3, -0.25) is 0 Å². The Bertz CT molecular complexity index is 638. The van der Waals surface area contributed by atoms with E-state index in [0.29, 0.717) is 5.82 Å². The molecule has 1 heterocycles. The van der Waals surface area contributed by atoms with Crippen LogP contribution < -0.4 is 11.1 Å². The highest BCUT2D eigenvalue weighted by molar-refractivity contribution is 9.10. The second-order valence-electron chi connectivity index (χ2n) is 5.20. The number of aryl methyl sites for hydroxylation is 1. The quantitative estimate of drug-likeness (QED) is 0.877. The normalized spacial score (nSPS) is 10.9. The molecule has 0 bridgehead atoms. The summed E-state index contributed by atoms with van der Waals surface area (Å²) in [6.07, 6.45) is 0. The molecular weight excluding hydrogens is 316 g/mol. The van der Waals surface area contributed by atoms with E-state index in [-0.39, 0.29) is 5.92 Å². The Kier molecular flexibility index (Phi) is 4.28. The molecule has 0 saturated heterocycles. The largest absolute Gasteiger partial charge is 0.383 e. The van der Waals surface area contributed by atoms with Crippen LogP contribution in [0.25, 0.3) is 0 Å². The van der Waals surface area contributed by atoms with Crippen molar-refractivity contribution in [2.24, 2.45) is 0 Å². The molecule has 1 aromatic heterocycles. The highest BCUT2D eigenvalue weighted by Crippen LogP contribution is 2.29. The summed E-state index contributed by atoms with van der Waals surface area (Å²) in [7, 11) is 0. The Morgan fingerprint density at radius 2 is 1.90 bits per heavy atom. The summed E-state index contributed by atoms with van der Waals surface area (Å²) in [6, 6.07) is 6.13. The van der Waals surface area contributed by atoms with Crippen molar-refractivity contribution < 1.29 is 0 Å². The van der Waals surface area contributed by atoms with Crippen molar-refractivity contribution in [3.63, 3.8) is 0 Å². The summed E-state index contributed by atoms with van der Waals surface area (Å²) in [5, 5.41) is 3.34. The van der Waals surface area contributed by atoms with Crippen molar-refractivity contribution >= 4 is 33.3 Å². The predicted molar refractivity (Wildman–Crippen MR) is 87.4 cm³/mol. The molecule has 0 fully saturated rings. The zero-order chi connectivity index (χ0) is 14.9. The summed E-state index contributed by atoms with van der Waals surface area (Å²) in [6.45, 7) is 8.08. The Hall–Kier alpha value is -1.62. The van der Waals surface area contributed by atoms with E-state index in [1.807, 2.05) is 13.0 Å². The fraction of sp³-hybridized carbons (Fsp3) is 0.333. The van der Waals surface area contributed by atoms with Crippen LogP contribution in [0.4, 0.5) is 17.3 Å². The lowest BCUT2D eigenvalue weighted by atomic mass is 10.2. The second kappa shape index (κ2) is 5.79. The topological polar surface area (TPSA) is 63.8 Å². The molecule has 0 aliphatic rings. The van der Waals surface area contributed by atoms with Gasteiger partial charge >= 0.3 is 0 Å². The Labute approximate surface area is 128 Å². The van der Waals surface area contributed by atoms with Gasteiger partial charge in [-0.1, -0.05) is 19.9 Å². The van der Waals surface area contributed by atoms with Gasteiger partial charge < -0.3 is 11.1 Å². The third-order valence-corrected chi connectivity index (χ3v) is 3.78. The van der Waals surface area contributed by atoms with Crippen molar-refractivity contribution in [1.29, 1.82) is 0 Å². The van der Waals surface area contributed by atoms with Crippen LogP contribution in [0.3, 0.4) is 0 Å². The second-order valence-corrected chi connectivity index (χ2v) is 6.06. The van der Waals surface area contributed by atoms with E-state index in [1.165, 1.54) is 5.56 Å². The van der Waals surface area contributed by atoms with Crippen molar-refractivity contribution in [1.82, 2.24) is 9.97 Å². The molecule has 0 atom stereocenters. The molecule has 1 aromatic carbocycles. The first kappa shape index (κ1) is 14.8. The monoisotopic (exact) mass is 334 g/mol. The average Bonchev–Trinajstić information content (AvgIpc) is 2.38. The number of hydrogen-bond donors (Lipinski definition) is 2. The van der Waals surface area contributed by atoms with Gasteiger partial charge in [-0.25, -0.2) is 9.97 Å². The maximum absolute atomic E-state index is 5.98. The van der Waals surface area contributed by atoms with Gasteiger partial charge in [-0.05, 0) is 47.5 Å². The number of nitrogens with zero attached hydrogens (tertiary/aromatic N) is 2. The van der Waals surface area contributed by atoms with E-state index >= 15 is 0 Å². The number of nitrogen functional groups attached to an aromatic ring is 1. The van der Waals surface area contributed by atoms with Crippen LogP contribution in [0.1, 0.15) is 36.7 Å². The maximum Gasteiger partial charge on any atom is 0.139 e. The van der Waals surface area contributed by atoms with Crippen LogP contribution in [0.5, 0.6) is 0 Å². The molecule has 4 nitrogen and oxygen atoms in total. The number of nitrogens with one attached hydrogen (secondary N) is 1. The number of rotatable bonds is 3. The molecule has 20 heavy (non-hydrogen) atoms. The van der Waals surface area contributed by atoms with Gasteiger partial charge in [-0.15, -0.1) is 0 Å². The first-order valence-corrected chi connectivity index (χ1v) is 7.35. The molecule has 0 unspecified atom stereocenters. The number of aromatic nitrogens is 2. The molecule has 0 spiro atoms. The third kappa shape index (κ3) is 3.10. The van der Waals surface area contributed by atoms with Gasteiger partial charge in [0.25, 0.3) is 0 Å². The molecule has 0 radical (unpaired) electrons. The molecule has 3 N–H and O–H groups in total. The Morgan fingerprint density at radius 3 is 2.55 bits per heavy atom. The third-order valence-electron chi connectivity index (χ3n) is 3.09. The molecule has 5 heteroatoms. The molecule has 106 valence electrons. The molecule has 0 aliphatic carbocycles. The van der Waals surface area contributed by atoms with Gasteiger partial charge in [0.15, 0.2) is 0 Å². The van der Waals surface area contributed by atoms with Crippen LogP contribution in [-0.4, -0.2) is 9.97 Å². The van der Waals surface area contributed by atoms with Crippen LogP contribution in [0.15, 0.2) is 22.7 Å². The number of benzene rings is 1. The lowest BCUT2D eigenvalue weighted by molar-refractivity contribution is 0.776. The van der Waals surface area contributed by atoms with Crippen molar-refractivity contribution in [2.45, 2.75) is 33.6 Å². The first-order chi connectivity index (χ1) is 9.38. The molecule has 2 aromatic rings. The zero-order valence-electron chi connectivity index (χ0n) is 12.2. The lowest BCUT2D eigenvalue weighted by Crippen LogP contribution is -2.08. The Morgan fingerprint density at radius 1 is 1.20 bits per heavy atom. The van der Waals surface area contributed by atoms with Crippen molar-refractivity contribution in [3.05, 3.63) is 39.6 Å². The Balaban J connectivity index is 2.45. The number of halogens is 1. The zero-order valence-corrected chi connectivity index (χ0v) is 13.7. The van der Waals surface area contributed by atoms with E-state index in [2.05, 4.69) is 64.1 Å². The number of nitrogens with two attached hydrogens (primary N) is 1. The highest BCUT2D eigenvalue weighted by Gasteiger charge is 2.12. The maximum atomic E-state index is 5.98. The number of anilines is 3. The van der Waals surface area contributed by atoms with Crippen molar-refractivity contribution in [2.75, 3.05) is 11.1 Å². The smallest absolute Gasteiger partial charge is 0.139 e. The standard InChI is InChI=1S/C15H19BrN4/c1-8(2)14-19-13(17)10(4)15(20-14)18-12-7-9(3)5-6-11(12)16/h5-8H,1-4H3,(H3,17,18,19,20). The van der Waals surface area contributed by atoms with Crippen LogP contribution >= 0.6 is 15.9 Å². The van der Waals surface area contributed by atoms with Crippen LogP contribution in [0.2, 0.25) is 0 Å². The molecule has 2 rings (SSSR count). The number of hydrogen-bond acceptors (Lipinski definition) is 4. The fourth-order valence-electron chi connectivity index (χ4n) is 1.79. The predicted octanol–water partition coefficient (Wildman–Crippen LogP) is 4.31. The molecule has 0 saturated carbocycles. The summed E-state index contributed by atoms with van der Waals surface area (Å²) >= 11 is 3.54. The average molecular weight is 335 g/mol. The highest BCUT2D eigenvalue weighted by atomic mass is 79.9. The van der Waals surface area contributed by atoms with E-state index in [4.69, 9.17) is 5.73 Å². The lowest BCUT2D eigenvalue weighted by Gasteiger charge is -2.14.